The Morgan fingerprint density at radius 2 is 1.12 bits per heavy atom. The van der Waals surface area contributed by atoms with E-state index in [0.29, 0.717) is 25.0 Å². The second-order valence-corrected chi connectivity index (χ2v) is 24.0. The molecule has 1 aliphatic carbocycles. The Labute approximate surface area is 465 Å². The summed E-state index contributed by atoms with van der Waals surface area (Å²) in [5, 5.41) is 19.6. The van der Waals surface area contributed by atoms with Crippen LogP contribution in [0.2, 0.25) is 0 Å². The molecule has 0 bridgehead atoms. The van der Waals surface area contributed by atoms with E-state index in [1.165, 1.54) is 97.9 Å². The molecule has 0 spiro atoms. The highest BCUT2D eigenvalue weighted by atomic mass is 32.1. The quantitative estimate of drug-likeness (QED) is 0.0261. The monoisotopic (exact) mass is 1080 g/mol. The molecule has 0 amide bonds. The molecule has 0 saturated heterocycles. The highest BCUT2D eigenvalue weighted by Crippen LogP contribution is 2.63. The van der Waals surface area contributed by atoms with Gasteiger partial charge >= 0.3 is 5.97 Å². The van der Waals surface area contributed by atoms with E-state index in [2.05, 4.69) is 131 Å². The molecule has 11 heteroatoms. The molecular weight excluding hydrogens is 1000 g/mol. The SMILES string of the molecule is CCCCCCC1(CCCCCC)c2cc(/C=C(\C#N)C(=O)O)sc2-c2sc(-c3sc(-c4ccc(N(c5ccc(OCC(CC)CCCC)cc5)c5ccc(OCC(CC)CCCC)cc5)cc4)c4c3OCCO4)cc21. The number of nitrogens with zero attached hydrogens (tertiary/aromatic N) is 2. The van der Waals surface area contributed by atoms with Crippen molar-refractivity contribution in [2.45, 2.75) is 163 Å². The number of benzene rings is 3. The lowest BCUT2D eigenvalue weighted by molar-refractivity contribution is -0.132. The summed E-state index contributed by atoms with van der Waals surface area (Å²) in [6.45, 7) is 16.0. The summed E-state index contributed by atoms with van der Waals surface area (Å²) >= 11 is 5.17. The number of unbranched alkanes of at least 4 members (excludes halogenated alkanes) is 8. The van der Waals surface area contributed by atoms with Crippen LogP contribution in [-0.4, -0.2) is 37.5 Å². The van der Waals surface area contributed by atoms with Crippen LogP contribution in [0.5, 0.6) is 23.0 Å². The van der Waals surface area contributed by atoms with E-state index in [4.69, 9.17) is 18.9 Å². The number of hydrogen-bond donors (Lipinski definition) is 1. The Morgan fingerprint density at radius 3 is 1.61 bits per heavy atom. The third-order valence-electron chi connectivity index (χ3n) is 15.5. The molecule has 4 heterocycles. The van der Waals surface area contributed by atoms with Crippen molar-refractivity contribution in [2.75, 3.05) is 31.3 Å². The molecule has 2 aliphatic rings. The number of nitriles is 1. The van der Waals surface area contributed by atoms with Crippen molar-refractivity contribution in [2.24, 2.45) is 11.8 Å². The number of aliphatic carboxylic acids is 1. The van der Waals surface area contributed by atoms with Crippen LogP contribution in [0, 0.1) is 23.2 Å². The first-order valence-electron chi connectivity index (χ1n) is 28.6. The van der Waals surface area contributed by atoms with Gasteiger partial charge < -0.3 is 29.0 Å². The van der Waals surface area contributed by atoms with Gasteiger partial charge in [-0.15, -0.1) is 34.0 Å². The van der Waals surface area contributed by atoms with Crippen molar-refractivity contribution in [3.63, 3.8) is 0 Å². The number of carboxylic acid groups (broad SMARTS) is 1. The number of anilines is 3. The average Bonchev–Trinajstić information content (AvgIpc) is 4.28. The number of hydrogen-bond acceptors (Lipinski definition) is 10. The minimum Gasteiger partial charge on any atom is -0.493 e. The molecule has 0 saturated carbocycles. The van der Waals surface area contributed by atoms with Crippen LogP contribution >= 0.6 is 34.0 Å². The second kappa shape index (κ2) is 27.7. The maximum Gasteiger partial charge on any atom is 0.346 e. The van der Waals surface area contributed by atoms with Crippen molar-refractivity contribution >= 4 is 63.1 Å². The molecule has 2 unspecified atom stereocenters. The summed E-state index contributed by atoms with van der Waals surface area (Å²) in [5.41, 5.74) is 6.40. The molecule has 3 aromatic carbocycles. The molecule has 404 valence electrons. The summed E-state index contributed by atoms with van der Waals surface area (Å²) in [6.07, 6.45) is 22.4. The summed E-state index contributed by atoms with van der Waals surface area (Å²) < 4.78 is 25.9. The van der Waals surface area contributed by atoms with Crippen LogP contribution in [0.3, 0.4) is 0 Å². The second-order valence-electron chi connectivity index (χ2n) is 20.9. The molecule has 1 aliphatic heterocycles. The fraction of sp³-hybridized carbons (Fsp3) is 0.477. The van der Waals surface area contributed by atoms with Gasteiger partial charge in [0.05, 0.1) is 23.0 Å². The van der Waals surface area contributed by atoms with E-state index in [1.54, 1.807) is 28.7 Å². The number of thiophene rings is 3. The lowest BCUT2D eigenvalue weighted by Gasteiger charge is -2.31. The van der Waals surface area contributed by atoms with Crippen LogP contribution < -0.4 is 23.8 Å². The smallest absolute Gasteiger partial charge is 0.346 e. The highest BCUT2D eigenvalue weighted by molar-refractivity contribution is 7.28. The Balaban J connectivity index is 1.14. The maximum absolute atomic E-state index is 12.0. The first kappa shape index (κ1) is 56.7. The molecule has 1 N–H and O–H groups in total. The third-order valence-corrected chi connectivity index (χ3v) is 19.3. The van der Waals surface area contributed by atoms with Crippen LogP contribution in [-0.2, 0) is 10.2 Å². The van der Waals surface area contributed by atoms with Gasteiger partial charge in [-0.1, -0.05) is 144 Å². The van der Waals surface area contributed by atoms with Gasteiger partial charge in [-0.2, -0.15) is 5.26 Å². The largest absolute Gasteiger partial charge is 0.493 e. The lowest BCUT2D eigenvalue weighted by atomic mass is 9.71. The molecule has 0 radical (unpaired) electrons. The van der Waals surface area contributed by atoms with E-state index < -0.39 is 5.97 Å². The standard InChI is InChI=1S/C65H80N2O6S3/c1-7-13-17-19-35-65(36-20-18-14-8-2)55-40-54(39-48(42-66)64(68)69)74-61(55)62-56(65)41-57(75-62)63-59-58(70-37-38-71-59)60(76-63)47-23-25-49(26-24-47)67(50-27-31-52(32-28-50)72-43-45(11-5)21-15-9-3)51-29-33-53(34-30-51)73-44-46(12-6)22-16-10-4/h23-34,39-41,45-46H,7-22,35-38,43-44H2,1-6H3,(H,68,69)/b48-39+. The Bertz CT molecular complexity index is 2790. The fourth-order valence-corrected chi connectivity index (χ4v) is 14.9. The summed E-state index contributed by atoms with van der Waals surface area (Å²) in [7, 11) is 0. The summed E-state index contributed by atoms with van der Waals surface area (Å²) in [6, 6.07) is 32.4. The third kappa shape index (κ3) is 13.2. The Morgan fingerprint density at radius 1 is 0.632 bits per heavy atom. The van der Waals surface area contributed by atoms with Gasteiger partial charge in [0.2, 0.25) is 0 Å². The van der Waals surface area contributed by atoms with Crippen LogP contribution in [0.25, 0.3) is 36.0 Å². The van der Waals surface area contributed by atoms with Crippen LogP contribution in [0.4, 0.5) is 17.1 Å². The molecule has 2 atom stereocenters. The highest BCUT2D eigenvalue weighted by Gasteiger charge is 2.46. The van der Waals surface area contributed by atoms with Crippen molar-refractivity contribution in [3.8, 4) is 59.0 Å². The first-order chi connectivity index (χ1) is 37.2. The van der Waals surface area contributed by atoms with Gasteiger partial charge in [0, 0.05) is 42.0 Å². The first-order valence-corrected chi connectivity index (χ1v) is 31.1. The van der Waals surface area contributed by atoms with Crippen LogP contribution in [0.15, 0.2) is 90.5 Å². The average molecular weight is 1080 g/mol. The van der Waals surface area contributed by atoms with Crippen molar-refractivity contribution < 1.29 is 28.8 Å². The van der Waals surface area contributed by atoms with Crippen molar-refractivity contribution in [3.05, 3.63) is 107 Å². The van der Waals surface area contributed by atoms with E-state index in [1.807, 2.05) is 17.4 Å². The number of ether oxygens (including phenoxy) is 4. The maximum atomic E-state index is 12.0. The van der Waals surface area contributed by atoms with Crippen LogP contribution in [0.1, 0.15) is 173 Å². The zero-order valence-corrected chi connectivity index (χ0v) is 48.4. The molecular formula is C65H80N2O6S3. The predicted octanol–water partition coefficient (Wildman–Crippen LogP) is 19.8. The molecule has 3 aromatic heterocycles. The zero-order valence-electron chi connectivity index (χ0n) is 46.0. The number of rotatable bonds is 31. The number of fused-ring (bicyclic) bond motifs is 4. The lowest BCUT2D eigenvalue weighted by Crippen LogP contribution is -2.25. The predicted molar refractivity (Wildman–Crippen MR) is 319 cm³/mol. The zero-order chi connectivity index (χ0) is 53.4. The molecule has 0 fully saturated rings. The van der Waals surface area contributed by atoms with E-state index in [-0.39, 0.29) is 11.0 Å². The topological polar surface area (TPSA) is 101 Å². The Kier molecular flexibility index (Phi) is 20.6. The molecule has 6 aromatic rings. The van der Waals surface area contributed by atoms with Gasteiger partial charge in [-0.25, -0.2) is 4.79 Å². The van der Waals surface area contributed by atoms with E-state index in [9.17, 15) is 15.2 Å². The molecule has 76 heavy (non-hydrogen) atoms. The molecule has 8 rings (SSSR count). The minimum absolute atomic E-state index is 0.196. The van der Waals surface area contributed by atoms with E-state index >= 15 is 0 Å². The summed E-state index contributed by atoms with van der Waals surface area (Å²) in [4.78, 5) is 20.9. The number of carboxylic acids is 1. The van der Waals surface area contributed by atoms with E-state index in [0.717, 1.165) is 117 Å². The fourth-order valence-electron chi connectivity index (χ4n) is 11.0. The van der Waals surface area contributed by atoms with Gasteiger partial charge in [-0.05, 0) is 133 Å². The number of carbonyl (C=O) groups is 1. The summed E-state index contributed by atoms with van der Waals surface area (Å²) in [5.74, 6) is 3.27. The van der Waals surface area contributed by atoms with Gasteiger partial charge in [0.25, 0.3) is 0 Å². The van der Waals surface area contributed by atoms with Crippen molar-refractivity contribution in [1.29, 1.82) is 5.26 Å². The minimum atomic E-state index is -1.20. The Hall–Kier alpha value is -5.54. The molecule has 8 nitrogen and oxygen atoms in total. The van der Waals surface area contributed by atoms with Gasteiger partial charge in [0.1, 0.15) is 36.4 Å². The van der Waals surface area contributed by atoms with Crippen molar-refractivity contribution in [1.82, 2.24) is 0 Å². The van der Waals surface area contributed by atoms with Gasteiger partial charge in [0.15, 0.2) is 11.5 Å². The van der Waals surface area contributed by atoms with Gasteiger partial charge in [-0.3, -0.25) is 0 Å². The normalized spacial score (nSPS) is 14.2.